The maximum Gasteiger partial charge on any atom is 0.0246 e. The van der Waals surface area contributed by atoms with E-state index in [1.807, 2.05) is 0 Å². The Labute approximate surface area is 137 Å². The standard InChI is InChI=1S/C22H30/c1-3-5-7-9-11-13-15-21-17-19-22(20-18-21)16-14-12-10-8-6-4-2/h17-20H,3-12H2,1-2H3. The second-order valence-corrected chi connectivity index (χ2v) is 5.80. The van der Waals surface area contributed by atoms with Crippen molar-refractivity contribution in [3.63, 3.8) is 0 Å². The molecule has 0 unspecified atom stereocenters. The van der Waals surface area contributed by atoms with Crippen molar-refractivity contribution in [1.29, 1.82) is 0 Å². The van der Waals surface area contributed by atoms with E-state index >= 15 is 0 Å². The normalized spacial score (nSPS) is 9.55. The number of hydrogen-bond acceptors (Lipinski definition) is 0. The zero-order chi connectivity index (χ0) is 15.9. The summed E-state index contributed by atoms with van der Waals surface area (Å²) in [5.41, 5.74) is 2.20. The zero-order valence-corrected chi connectivity index (χ0v) is 14.4. The Morgan fingerprint density at radius 2 is 1.00 bits per heavy atom. The van der Waals surface area contributed by atoms with Crippen molar-refractivity contribution in [2.75, 3.05) is 0 Å². The smallest absolute Gasteiger partial charge is 0.0246 e. The maximum atomic E-state index is 3.27. The first kappa shape index (κ1) is 18.4. The van der Waals surface area contributed by atoms with Crippen molar-refractivity contribution in [3.8, 4) is 23.7 Å². The predicted molar refractivity (Wildman–Crippen MR) is 97.7 cm³/mol. The van der Waals surface area contributed by atoms with Crippen molar-refractivity contribution in [1.82, 2.24) is 0 Å². The van der Waals surface area contributed by atoms with Gasteiger partial charge in [-0.15, -0.1) is 0 Å². The topological polar surface area (TPSA) is 0 Å². The second-order valence-electron chi connectivity index (χ2n) is 5.80. The van der Waals surface area contributed by atoms with Crippen LogP contribution in [0.4, 0.5) is 0 Å². The molecular formula is C22H30. The Hall–Kier alpha value is -1.66. The highest BCUT2D eigenvalue weighted by Gasteiger charge is 1.89. The molecule has 1 aromatic rings. The summed E-state index contributed by atoms with van der Waals surface area (Å²) >= 11 is 0. The van der Waals surface area contributed by atoms with E-state index in [0.717, 1.165) is 24.0 Å². The molecule has 1 rings (SSSR count). The number of rotatable bonds is 8. The molecular weight excluding hydrogens is 264 g/mol. The van der Waals surface area contributed by atoms with E-state index in [1.54, 1.807) is 0 Å². The third-order valence-corrected chi connectivity index (χ3v) is 3.66. The van der Waals surface area contributed by atoms with Gasteiger partial charge in [-0.05, 0) is 37.1 Å². The largest absolute Gasteiger partial charge is 0.0979 e. The third kappa shape index (κ3) is 9.31. The van der Waals surface area contributed by atoms with Gasteiger partial charge in [-0.3, -0.25) is 0 Å². The molecule has 0 aliphatic carbocycles. The molecule has 0 atom stereocenters. The summed E-state index contributed by atoms with van der Waals surface area (Å²) in [6, 6.07) is 8.33. The quantitative estimate of drug-likeness (QED) is 0.388. The summed E-state index contributed by atoms with van der Waals surface area (Å²) in [5, 5.41) is 0. The summed E-state index contributed by atoms with van der Waals surface area (Å²) in [4.78, 5) is 0. The fourth-order valence-electron chi connectivity index (χ4n) is 2.25. The van der Waals surface area contributed by atoms with Crippen LogP contribution in [0.5, 0.6) is 0 Å². The Bertz CT molecular complexity index is 450. The lowest BCUT2D eigenvalue weighted by Gasteiger charge is -1.94. The minimum absolute atomic E-state index is 1.01. The third-order valence-electron chi connectivity index (χ3n) is 3.66. The monoisotopic (exact) mass is 294 g/mol. The van der Waals surface area contributed by atoms with E-state index in [2.05, 4.69) is 61.8 Å². The van der Waals surface area contributed by atoms with E-state index in [0.29, 0.717) is 0 Å². The number of unbranched alkanes of at least 4 members (excludes halogenated alkanes) is 8. The summed E-state index contributed by atoms with van der Waals surface area (Å²) in [5.74, 6) is 13.0. The molecule has 22 heavy (non-hydrogen) atoms. The van der Waals surface area contributed by atoms with E-state index in [9.17, 15) is 0 Å². The van der Waals surface area contributed by atoms with Crippen LogP contribution in [0.2, 0.25) is 0 Å². The fourth-order valence-corrected chi connectivity index (χ4v) is 2.25. The molecule has 0 saturated heterocycles. The van der Waals surface area contributed by atoms with Gasteiger partial charge >= 0.3 is 0 Å². The van der Waals surface area contributed by atoms with Gasteiger partial charge in [0, 0.05) is 24.0 Å². The van der Waals surface area contributed by atoms with Crippen LogP contribution in [0.25, 0.3) is 0 Å². The molecule has 0 nitrogen and oxygen atoms in total. The average molecular weight is 294 g/mol. The molecule has 0 radical (unpaired) electrons. The van der Waals surface area contributed by atoms with Gasteiger partial charge in [0.25, 0.3) is 0 Å². The molecule has 0 N–H and O–H groups in total. The zero-order valence-electron chi connectivity index (χ0n) is 14.4. The first-order valence-corrected chi connectivity index (χ1v) is 8.94. The predicted octanol–water partition coefficient (Wildman–Crippen LogP) is 6.33. The Morgan fingerprint density at radius 3 is 1.36 bits per heavy atom. The highest BCUT2D eigenvalue weighted by molar-refractivity contribution is 5.41. The maximum absolute atomic E-state index is 3.27. The molecule has 0 heterocycles. The van der Waals surface area contributed by atoms with Crippen LogP contribution in [0.3, 0.4) is 0 Å². The SMILES string of the molecule is CCCCCCC#Cc1ccc(C#CCCCCCC)cc1. The van der Waals surface area contributed by atoms with E-state index in [4.69, 9.17) is 0 Å². The van der Waals surface area contributed by atoms with Gasteiger partial charge in [0.15, 0.2) is 0 Å². The van der Waals surface area contributed by atoms with Crippen LogP contribution in [0, 0.1) is 23.7 Å². The van der Waals surface area contributed by atoms with Gasteiger partial charge in [0.1, 0.15) is 0 Å². The van der Waals surface area contributed by atoms with Crippen LogP contribution in [0.15, 0.2) is 24.3 Å². The van der Waals surface area contributed by atoms with E-state index < -0.39 is 0 Å². The molecule has 0 bridgehead atoms. The average Bonchev–Trinajstić information content (AvgIpc) is 2.55. The van der Waals surface area contributed by atoms with Crippen LogP contribution >= 0.6 is 0 Å². The van der Waals surface area contributed by atoms with Crippen molar-refractivity contribution >= 4 is 0 Å². The lowest BCUT2D eigenvalue weighted by molar-refractivity contribution is 0.679. The lowest BCUT2D eigenvalue weighted by atomic mass is 10.1. The summed E-state index contributed by atoms with van der Waals surface area (Å²) in [6.45, 7) is 4.47. The molecule has 118 valence electrons. The van der Waals surface area contributed by atoms with Crippen molar-refractivity contribution in [2.24, 2.45) is 0 Å². The van der Waals surface area contributed by atoms with Gasteiger partial charge in [0.2, 0.25) is 0 Å². The van der Waals surface area contributed by atoms with Gasteiger partial charge in [-0.2, -0.15) is 0 Å². The second kappa shape index (κ2) is 13.0. The highest BCUT2D eigenvalue weighted by Crippen LogP contribution is 2.05. The minimum atomic E-state index is 1.01. The summed E-state index contributed by atoms with van der Waals surface area (Å²) < 4.78 is 0. The molecule has 1 aromatic carbocycles. The van der Waals surface area contributed by atoms with E-state index in [-0.39, 0.29) is 0 Å². The van der Waals surface area contributed by atoms with Crippen LogP contribution < -0.4 is 0 Å². The molecule has 0 aliphatic rings. The Morgan fingerprint density at radius 1 is 0.591 bits per heavy atom. The van der Waals surface area contributed by atoms with Gasteiger partial charge < -0.3 is 0 Å². The van der Waals surface area contributed by atoms with Crippen molar-refractivity contribution < 1.29 is 0 Å². The molecule has 0 saturated carbocycles. The van der Waals surface area contributed by atoms with Crippen LogP contribution in [-0.4, -0.2) is 0 Å². The van der Waals surface area contributed by atoms with Gasteiger partial charge in [-0.1, -0.05) is 76.1 Å². The highest BCUT2D eigenvalue weighted by atomic mass is 13.9. The Balaban J connectivity index is 2.31. The minimum Gasteiger partial charge on any atom is -0.0979 e. The van der Waals surface area contributed by atoms with Gasteiger partial charge in [-0.25, -0.2) is 0 Å². The van der Waals surface area contributed by atoms with Crippen molar-refractivity contribution in [3.05, 3.63) is 35.4 Å². The molecule has 0 fully saturated rings. The molecule has 0 heteroatoms. The van der Waals surface area contributed by atoms with Crippen LogP contribution in [-0.2, 0) is 0 Å². The molecule has 0 aromatic heterocycles. The fraction of sp³-hybridized carbons (Fsp3) is 0.545. The first-order chi connectivity index (χ1) is 10.9. The summed E-state index contributed by atoms with van der Waals surface area (Å²) in [7, 11) is 0. The lowest BCUT2D eigenvalue weighted by Crippen LogP contribution is -1.79. The van der Waals surface area contributed by atoms with Crippen molar-refractivity contribution in [2.45, 2.75) is 78.1 Å². The number of hydrogen-bond donors (Lipinski definition) is 0. The summed E-state index contributed by atoms with van der Waals surface area (Å²) in [6.07, 6.45) is 12.3. The van der Waals surface area contributed by atoms with Gasteiger partial charge in [0.05, 0.1) is 0 Å². The Kier molecular flexibility index (Phi) is 10.9. The molecule has 0 aliphatic heterocycles. The van der Waals surface area contributed by atoms with Crippen LogP contribution in [0.1, 0.15) is 89.2 Å². The first-order valence-electron chi connectivity index (χ1n) is 8.94. The van der Waals surface area contributed by atoms with E-state index in [1.165, 1.54) is 51.4 Å². The molecule has 0 spiro atoms. The number of benzene rings is 1. The molecule has 0 amide bonds.